The van der Waals surface area contributed by atoms with E-state index in [0.29, 0.717) is 25.0 Å². The van der Waals surface area contributed by atoms with E-state index < -0.39 is 10.0 Å². The van der Waals surface area contributed by atoms with Crippen LogP contribution in [-0.4, -0.2) is 85.2 Å². The Hall–Kier alpha value is -1.06. The van der Waals surface area contributed by atoms with Crippen LogP contribution in [0.15, 0.2) is 24.3 Å². The zero-order chi connectivity index (χ0) is 23.9. The maximum absolute atomic E-state index is 14.3. The first-order valence-electron chi connectivity index (χ1n) is 13.2. The summed E-state index contributed by atoms with van der Waals surface area (Å²) in [7, 11) is -3.12. The minimum Gasteiger partial charge on any atom is -0.317 e. The van der Waals surface area contributed by atoms with Gasteiger partial charge in [0.25, 0.3) is 0 Å². The van der Waals surface area contributed by atoms with E-state index >= 15 is 0 Å². The van der Waals surface area contributed by atoms with E-state index in [4.69, 9.17) is 0 Å². The third-order valence-corrected chi connectivity index (χ3v) is 11.3. The van der Waals surface area contributed by atoms with Gasteiger partial charge in [0, 0.05) is 50.3 Å². The molecule has 3 aliphatic heterocycles. The van der Waals surface area contributed by atoms with Crippen LogP contribution >= 0.6 is 0 Å². The number of rotatable bonds is 6. The lowest BCUT2D eigenvalue weighted by Crippen LogP contribution is -2.62. The number of nitrogens with zero attached hydrogens (tertiary/aromatic N) is 3. The normalized spacial score (nSPS) is 29.2. The second kappa shape index (κ2) is 9.77. The van der Waals surface area contributed by atoms with E-state index in [1.807, 2.05) is 6.07 Å². The number of piperidine rings is 2. The number of hydrogen-bond acceptors (Lipinski definition) is 5. The van der Waals surface area contributed by atoms with Gasteiger partial charge >= 0.3 is 0 Å². The lowest BCUT2D eigenvalue weighted by molar-refractivity contribution is -0.0338. The van der Waals surface area contributed by atoms with Crippen LogP contribution in [0.25, 0.3) is 0 Å². The molecular weight excluding hydrogens is 451 g/mol. The average molecular weight is 493 g/mol. The van der Waals surface area contributed by atoms with E-state index in [-0.39, 0.29) is 22.6 Å². The van der Waals surface area contributed by atoms with E-state index in [2.05, 4.69) is 35.0 Å². The van der Waals surface area contributed by atoms with Crippen LogP contribution in [0.4, 0.5) is 4.39 Å². The second-order valence-corrected chi connectivity index (χ2v) is 13.5. The minimum atomic E-state index is -3.12. The topological polar surface area (TPSA) is 55.9 Å². The van der Waals surface area contributed by atoms with Gasteiger partial charge in [-0.25, -0.2) is 17.1 Å². The summed E-state index contributed by atoms with van der Waals surface area (Å²) >= 11 is 0. The fraction of sp³-hybridized carbons (Fsp3) is 0.769. The van der Waals surface area contributed by atoms with Crippen molar-refractivity contribution in [1.29, 1.82) is 0 Å². The monoisotopic (exact) mass is 492 g/mol. The van der Waals surface area contributed by atoms with E-state index in [9.17, 15) is 12.8 Å². The van der Waals surface area contributed by atoms with Crippen molar-refractivity contribution in [3.05, 3.63) is 35.6 Å². The summed E-state index contributed by atoms with van der Waals surface area (Å²) in [6, 6.07) is 7.59. The Labute approximate surface area is 204 Å². The largest absolute Gasteiger partial charge is 0.317 e. The van der Waals surface area contributed by atoms with Gasteiger partial charge in [-0.3, -0.25) is 9.80 Å². The minimum absolute atomic E-state index is 0.124. The molecule has 0 radical (unpaired) electrons. The van der Waals surface area contributed by atoms with Crippen LogP contribution in [0.3, 0.4) is 0 Å². The fourth-order valence-electron chi connectivity index (χ4n) is 6.60. The summed E-state index contributed by atoms with van der Waals surface area (Å²) in [6.45, 7) is 11.1. The number of piperazine rings is 1. The summed E-state index contributed by atoms with van der Waals surface area (Å²) in [6.07, 6.45) is 5.66. The molecule has 1 aromatic rings. The smallest absolute Gasteiger partial charge is 0.216 e. The Balaban J connectivity index is 1.33. The molecule has 3 heterocycles. The van der Waals surface area contributed by atoms with Crippen LogP contribution < -0.4 is 5.32 Å². The Morgan fingerprint density at radius 1 is 1.06 bits per heavy atom. The van der Waals surface area contributed by atoms with E-state index in [1.54, 1.807) is 10.4 Å². The molecular formula is C26H41FN4O2S. The molecule has 8 heteroatoms. The van der Waals surface area contributed by atoms with Crippen LogP contribution in [0, 0.1) is 11.7 Å². The van der Waals surface area contributed by atoms with Crippen molar-refractivity contribution in [1.82, 2.24) is 19.4 Å². The summed E-state index contributed by atoms with van der Waals surface area (Å²) < 4.78 is 41.6. The molecule has 3 saturated heterocycles. The molecule has 2 atom stereocenters. The third-order valence-electron chi connectivity index (χ3n) is 8.92. The summed E-state index contributed by atoms with van der Waals surface area (Å²) in [5.74, 6) is 0.140. The molecule has 190 valence electrons. The summed E-state index contributed by atoms with van der Waals surface area (Å²) in [4.78, 5) is 5.27. The quantitative estimate of drug-likeness (QED) is 0.661. The highest BCUT2D eigenvalue weighted by Gasteiger charge is 2.44. The lowest BCUT2D eigenvalue weighted by atomic mass is 9.83. The molecule has 4 aliphatic rings. The number of benzene rings is 1. The molecule has 0 bridgehead atoms. The van der Waals surface area contributed by atoms with Gasteiger partial charge in [-0.05, 0) is 89.1 Å². The van der Waals surface area contributed by atoms with Crippen molar-refractivity contribution in [2.24, 2.45) is 5.92 Å². The van der Waals surface area contributed by atoms with Crippen LogP contribution in [-0.2, 0) is 10.0 Å². The van der Waals surface area contributed by atoms with Gasteiger partial charge in [-0.2, -0.15) is 0 Å². The van der Waals surface area contributed by atoms with Crippen LogP contribution in [0.2, 0.25) is 0 Å². The van der Waals surface area contributed by atoms with E-state index in [0.717, 1.165) is 64.0 Å². The second-order valence-electron chi connectivity index (χ2n) is 11.3. The van der Waals surface area contributed by atoms with Crippen molar-refractivity contribution >= 4 is 10.0 Å². The summed E-state index contributed by atoms with van der Waals surface area (Å²) in [5, 5.41) is 3.35. The fourth-order valence-corrected chi connectivity index (χ4v) is 8.48. The third kappa shape index (κ3) is 4.94. The van der Waals surface area contributed by atoms with Gasteiger partial charge in [-0.1, -0.05) is 12.1 Å². The first-order chi connectivity index (χ1) is 16.3. The maximum atomic E-state index is 14.3. The average Bonchev–Trinajstić information content (AvgIpc) is 3.68. The molecule has 1 unspecified atom stereocenters. The predicted molar refractivity (Wildman–Crippen MR) is 134 cm³/mol. The van der Waals surface area contributed by atoms with Crippen molar-refractivity contribution < 1.29 is 12.8 Å². The Morgan fingerprint density at radius 2 is 1.76 bits per heavy atom. The number of hydrogen-bond donors (Lipinski definition) is 1. The van der Waals surface area contributed by atoms with Crippen LogP contribution in [0.5, 0.6) is 0 Å². The zero-order valence-corrected chi connectivity index (χ0v) is 21.6. The van der Waals surface area contributed by atoms with Gasteiger partial charge in [0.15, 0.2) is 0 Å². The molecule has 4 fully saturated rings. The summed E-state index contributed by atoms with van der Waals surface area (Å²) in [5.41, 5.74) is 1.29. The number of halogens is 1. The maximum Gasteiger partial charge on any atom is 0.216 e. The number of sulfonamides is 1. The highest BCUT2D eigenvalue weighted by Crippen LogP contribution is 2.41. The van der Waals surface area contributed by atoms with Crippen molar-refractivity contribution in [2.45, 2.75) is 75.2 Å². The van der Waals surface area contributed by atoms with Gasteiger partial charge in [0.2, 0.25) is 10.0 Å². The molecule has 1 saturated carbocycles. The molecule has 0 amide bonds. The van der Waals surface area contributed by atoms with Gasteiger partial charge in [0.05, 0.1) is 5.25 Å². The highest BCUT2D eigenvalue weighted by molar-refractivity contribution is 7.90. The number of nitrogens with one attached hydrogen (secondary N) is 1. The zero-order valence-electron chi connectivity index (χ0n) is 20.8. The van der Waals surface area contributed by atoms with E-state index in [1.165, 1.54) is 18.9 Å². The predicted octanol–water partition coefficient (Wildman–Crippen LogP) is 3.22. The molecule has 0 aromatic heterocycles. The SMILES string of the molecule is CC1CN(C2(C)CCNCC2)CCN1[C@@H](c1cccc(F)c1)C1CCN(S(=O)(=O)C2CC2)CC1. The van der Waals surface area contributed by atoms with Crippen LogP contribution in [0.1, 0.15) is 64.0 Å². The molecule has 6 nitrogen and oxygen atoms in total. The van der Waals surface area contributed by atoms with Crippen molar-refractivity contribution in [2.75, 3.05) is 45.8 Å². The Bertz CT molecular complexity index is 955. The molecule has 1 N–H and O–H groups in total. The van der Waals surface area contributed by atoms with Crippen molar-refractivity contribution in [3.63, 3.8) is 0 Å². The highest BCUT2D eigenvalue weighted by atomic mass is 32.2. The lowest BCUT2D eigenvalue weighted by Gasteiger charge is -2.53. The Morgan fingerprint density at radius 3 is 2.38 bits per heavy atom. The first kappa shape index (κ1) is 24.6. The molecule has 1 aliphatic carbocycles. The first-order valence-corrected chi connectivity index (χ1v) is 14.7. The molecule has 5 rings (SSSR count). The van der Waals surface area contributed by atoms with Gasteiger partial charge in [-0.15, -0.1) is 0 Å². The molecule has 34 heavy (non-hydrogen) atoms. The molecule has 1 aromatic carbocycles. The van der Waals surface area contributed by atoms with Crippen molar-refractivity contribution in [3.8, 4) is 0 Å². The van der Waals surface area contributed by atoms with Gasteiger partial charge < -0.3 is 5.32 Å². The van der Waals surface area contributed by atoms with Gasteiger partial charge in [0.1, 0.15) is 5.82 Å². The Kier molecular flexibility index (Phi) is 7.08. The molecule has 0 spiro atoms. The standard InChI is InChI=1S/C26H41FN4O2S/c1-20-19-29(26(2)10-12-28-13-11-26)16-17-31(20)25(22-4-3-5-23(27)18-22)21-8-14-30(15-9-21)34(32,33)24-6-7-24/h3-5,18,20-21,24-25,28H,6-17,19H2,1-2H3/t20?,25-/m1/s1.